The van der Waals surface area contributed by atoms with Crippen molar-refractivity contribution in [2.45, 2.75) is 64.6 Å². The number of rotatable bonds is 11. The van der Waals surface area contributed by atoms with E-state index >= 15 is 0 Å². The van der Waals surface area contributed by atoms with Crippen molar-refractivity contribution in [1.29, 1.82) is 0 Å². The fourth-order valence-electron chi connectivity index (χ4n) is 4.59. The highest BCUT2D eigenvalue weighted by Crippen LogP contribution is 2.42. The van der Waals surface area contributed by atoms with Crippen molar-refractivity contribution in [2.24, 2.45) is 0 Å². The molecular formula is C25H35NO6Si. The molecule has 33 heavy (non-hydrogen) atoms. The average molecular weight is 474 g/mol. The number of carbonyl (C=O) groups excluding carboxylic acids is 1. The number of nitro benzene ring substituents is 1. The van der Waals surface area contributed by atoms with E-state index in [-0.39, 0.29) is 23.6 Å². The van der Waals surface area contributed by atoms with Crippen LogP contribution >= 0.6 is 0 Å². The normalized spacial score (nSPS) is 11.7. The molecule has 0 heterocycles. The van der Waals surface area contributed by atoms with Gasteiger partial charge in [-0.05, 0) is 40.4 Å². The zero-order valence-corrected chi connectivity index (χ0v) is 21.6. The van der Waals surface area contributed by atoms with Gasteiger partial charge in [0.15, 0.2) is 5.75 Å². The summed E-state index contributed by atoms with van der Waals surface area (Å²) in [6.45, 7) is 13.8. The van der Waals surface area contributed by atoms with Crippen LogP contribution in [0.4, 0.5) is 5.69 Å². The fraction of sp³-hybridized carbons (Fsp3) is 0.480. The van der Waals surface area contributed by atoms with E-state index in [9.17, 15) is 14.9 Å². The Balaban J connectivity index is 2.10. The topological polar surface area (TPSA) is 87.9 Å². The predicted octanol–water partition coefficient (Wildman–Crippen LogP) is 6.56. The van der Waals surface area contributed by atoms with E-state index < -0.39 is 19.2 Å². The minimum Gasteiger partial charge on any atom is -0.543 e. The number of hydrogen-bond donors (Lipinski definition) is 0. The Morgan fingerprint density at radius 2 is 1.55 bits per heavy atom. The third-order valence-corrected chi connectivity index (χ3v) is 12.2. The van der Waals surface area contributed by atoms with Gasteiger partial charge in [0.1, 0.15) is 5.75 Å². The number of carbonyl (C=O) groups is 1. The van der Waals surface area contributed by atoms with Crippen molar-refractivity contribution in [3.05, 3.63) is 63.7 Å². The Bertz CT molecular complexity index is 934. The van der Waals surface area contributed by atoms with E-state index in [1.807, 2.05) is 24.3 Å². The van der Waals surface area contributed by atoms with E-state index in [0.29, 0.717) is 23.0 Å². The van der Waals surface area contributed by atoms with Gasteiger partial charge < -0.3 is 13.9 Å². The Hall–Kier alpha value is -2.87. The standard InChI is InChI=1S/C25H35NO6Si/c1-17(2)33(18(3)4,19(5)6)32-22-11-8-20(9-12-22)14-15-31-24-16-21(25(27)30-7)10-13-23(24)26(28)29/h8-13,16-19H,14-15H2,1-7H3. The number of nitrogens with zero attached hydrogens (tertiary/aromatic N) is 1. The molecule has 2 rings (SSSR count). The quantitative estimate of drug-likeness (QED) is 0.159. The molecule has 0 bridgehead atoms. The van der Waals surface area contributed by atoms with Gasteiger partial charge in [0, 0.05) is 18.6 Å². The Kier molecular flexibility index (Phi) is 9.05. The molecule has 8 heteroatoms. The van der Waals surface area contributed by atoms with Crippen molar-refractivity contribution in [1.82, 2.24) is 0 Å². The van der Waals surface area contributed by atoms with Gasteiger partial charge in [-0.15, -0.1) is 0 Å². The molecule has 0 atom stereocenters. The van der Waals surface area contributed by atoms with Crippen molar-refractivity contribution in [2.75, 3.05) is 13.7 Å². The van der Waals surface area contributed by atoms with Crippen molar-refractivity contribution in [3.8, 4) is 11.5 Å². The molecule has 0 aromatic heterocycles. The Morgan fingerprint density at radius 3 is 2.03 bits per heavy atom. The number of esters is 1. The Morgan fingerprint density at radius 1 is 0.970 bits per heavy atom. The molecule has 2 aromatic carbocycles. The molecule has 7 nitrogen and oxygen atoms in total. The molecule has 0 aliphatic carbocycles. The van der Waals surface area contributed by atoms with Crippen LogP contribution in [-0.4, -0.2) is 32.9 Å². The molecule has 2 aromatic rings. The molecule has 0 spiro atoms. The summed E-state index contributed by atoms with van der Waals surface area (Å²) >= 11 is 0. The van der Waals surface area contributed by atoms with Gasteiger partial charge in [0.2, 0.25) is 0 Å². The maximum absolute atomic E-state index is 11.7. The lowest BCUT2D eigenvalue weighted by molar-refractivity contribution is -0.385. The smallest absolute Gasteiger partial charge is 0.337 e. The molecule has 0 amide bonds. The van der Waals surface area contributed by atoms with Gasteiger partial charge in [0.05, 0.1) is 24.2 Å². The number of hydrogen-bond acceptors (Lipinski definition) is 6. The summed E-state index contributed by atoms with van der Waals surface area (Å²) in [6.07, 6.45) is 0.557. The zero-order chi connectivity index (χ0) is 24.8. The van der Waals surface area contributed by atoms with Crippen LogP contribution in [0, 0.1) is 10.1 Å². The van der Waals surface area contributed by atoms with Gasteiger partial charge in [-0.2, -0.15) is 0 Å². The van der Waals surface area contributed by atoms with Crippen molar-refractivity contribution in [3.63, 3.8) is 0 Å². The third kappa shape index (κ3) is 6.13. The van der Waals surface area contributed by atoms with Crippen LogP contribution in [0.2, 0.25) is 16.6 Å². The van der Waals surface area contributed by atoms with E-state index in [2.05, 4.69) is 46.3 Å². The van der Waals surface area contributed by atoms with Gasteiger partial charge in [-0.3, -0.25) is 10.1 Å². The lowest BCUT2D eigenvalue weighted by atomic mass is 10.1. The van der Waals surface area contributed by atoms with Gasteiger partial charge in [-0.1, -0.05) is 53.7 Å². The molecule has 0 saturated heterocycles. The van der Waals surface area contributed by atoms with Crippen LogP contribution in [0.5, 0.6) is 11.5 Å². The summed E-state index contributed by atoms with van der Waals surface area (Å²) in [5.74, 6) is 0.349. The van der Waals surface area contributed by atoms with Gasteiger partial charge in [-0.25, -0.2) is 4.79 Å². The first kappa shape index (κ1) is 26.4. The van der Waals surface area contributed by atoms with E-state index in [1.165, 1.54) is 25.3 Å². The van der Waals surface area contributed by atoms with E-state index in [1.54, 1.807) is 0 Å². The summed E-state index contributed by atoms with van der Waals surface area (Å²) in [5, 5.41) is 11.3. The monoisotopic (exact) mass is 473 g/mol. The SMILES string of the molecule is COC(=O)c1ccc([N+](=O)[O-])c(OCCc2ccc(O[Si](C(C)C)(C(C)C)C(C)C)cc2)c1. The molecule has 0 fully saturated rings. The lowest BCUT2D eigenvalue weighted by Crippen LogP contribution is -2.50. The number of nitro groups is 1. The highest BCUT2D eigenvalue weighted by Gasteiger charge is 2.46. The van der Waals surface area contributed by atoms with Crippen LogP contribution in [0.3, 0.4) is 0 Å². The molecule has 0 unspecified atom stereocenters. The second-order valence-electron chi connectivity index (χ2n) is 9.09. The predicted molar refractivity (Wildman–Crippen MR) is 132 cm³/mol. The van der Waals surface area contributed by atoms with Crippen molar-refractivity contribution < 1.29 is 23.6 Å². The molecule has 0 saturated carbocycles. The average Bonchev–Trinajstić information content (AvgIpc) is 2.76. The molecule has 0 aliphatic heterocycles. The summed E-state index contributed by atoms with van der Waals surface area (Å²) in [4.78, 5) is 22.5. The maximum atomic E-state index is 11.7. The summed E-state index contributed by atoms with van der Waals surface area (Å²) < 4.78 is 17.0. The van der Waals surface area contributed by atoms with Gasteiger partial charge in [0.25, 0.3) is 8.32 Å². The van der Waals surface area contributed by atoms with Crippen molar-refractivity contribution >= 4 is 20.0 Å². The molecule has 0 N–H and O–H groups in total. The highest BCUT2D eigenvalue weighted by molar-refractivity contribution is 6.78. The van der Waals surface area contributed by atoms with Crippen LogP contribution < -0.4 is 9.16 Å². The van der Waals surface area contributed by atoms with Crippen LogP contribution in [-0.2, 0) is 11.2 Å². The first-order chi connectivity index (χ1) is 15.5. The lowest BCUT2D eigenvalue weighted by Gasteiger charge is -2.42. The second-order valence-corrected chi connectivity index (χ2v) is 14.5. The summed E-state index contributed by atoms with van der Waals surface area (Å²) in [5.41, 5.74) is 2.50. The summed E-state index contributed by atoms with van der Waals surface area (Å²) in [6, 6.07) is 11.9. The van der Waals surface area contributed by atoms with Crippen LogP contribution in [0.25, 0.3) is 0 Å². The maximum Gasteiger partial charge on any atom is 0.337 e. The first-order valence-corrected chi connectivity index (χ1v) is 13.4. The minimum atomic E-state index is -2.02. The Labute approximate surface area is 197 Å². The fourth-order valence-corrected chi connectivity index (χ4v) is 9.84. The summed E-state index contributed by atoms with van der Waals surface area (Å²) in [7, 11) is -0.759. The molecular weight excluding hydrogens is 438 g/mol. The van der Waals surface area contributed by atoms with Crippen LogP contribution in [0.15, 0.2) is 42.5 Å². The third-order valence-electron chi connectivity index (χ3n) is 6.15. The largest absolute Gasteiger partial charge is 0.543 e. The van der Waals surface area contributed by atoms with Gasteiger partial charge >= 0.3 is 11.7 Å². The number of ether oxygens (including phenoxy) is 2. The number of methoxy groups -OCH3 is 1. The van der Waals surface area contributed by atoms with E-state index in [0.717, 1.165) is 11.3 Å². The second kappa shape index (κ2) is 11.3. The molecule has 180 valence electrons. The molecule has 0 radical (unpaired) electrons. The highest BCUT2D eigenvalue weighted by atomic mass is 28.4. The van der Waals surface area contributed by atoms with Crippen LogP contribution in [0.1, 0.15) is 57.5 Å². The number of benzene rings is 2. The zero-order valence-electron chi connectivity index (χ0n) is 20.6. The first-order valence-electron chi connectivity index (χ1n) is 11.3. The van der Waals surface area contributed by atoms with E-state index in [4.69, 9.17) is 9.16 Å². The molecule has 0 aliphatic rings. The minimum absolute atomic E-state index is 0.0458.